The predicted molar refractivity (Wildman–Crippen MR) is 89.0 cm³/mol. The monoisotopic (exact) mass is 293 g/mol. The third-order valence-corrected chi connectivity index (χ3v) is 4.36. The van der Waals surface area contributed by atoms with Gasteiger partial charge in [0.1, 0.15) is 5.00 Å². The van der Waals surface area contributed by atoms with Crippen LogP contribution in [0.2, 0.25) is 0 Å². The first-order valence-electron chi connectivity index (χ1n) is 6.77. The standard InChI is InChI=1S/C18H15NOS/c1-14(20)17-12-13-18(21-17)19(15-8-4-2-5-9-15)16-10-6-3-7-11-16/h2-13H,1H3. The molecular formula is C18H15NOS. The molecule has 0 atom stereocenters. The second kappa shape index (κ2) is 5.94. The Morgan fingerprint density at radius 3 is 1.76 bits per heavy atom. The van der Waals surface area contributed by atoms with Gasteiger partial charge in [0.15, 0.2) is 5.78 Å². The summed E-state index contributed by atoms with van der Waals surface area (Å²) in [4.78, 5) is 14.5. The molecule has 0 aliphatic rings. The van der Waals surface area contributed by atoms with E-state index in [1.807, 2.05) is 48.5 Å². The predicted octanol–water partition coefficient (Wildman–Crippen LogP) is 5.42. The Hall–Kier alpha value is -2.39. The first-order valence-corrected chi connectivity index (χ1v) is 7.58. The molecule has 104 valence electrons. The summed E-state index contributed by atoms with van der Waals surface area (Å²) in [5.74, 6) is 0.104. The fraction of sp³-hybridized carbons (Fsp3) is 0.0556. The van der Waals surface area contributed by atoms with Crippen molar-refractivity contribution in [2.45, 2.75) is 6.92 Å². The van der Waals surface area contributed by atoms with Gasteiger partial charge in [0.25, 0.3) is 0 Å². The normalized spacial score (nSPS) is 10.3. The first kappa shape index (κ1) is 13.6. The molecule has 0 radical (unpaired) electrons. The lowest BCUT2D eigenvalue weighted by molar-refractivity contribution is 0.102. The number of hydrogen-bond acceptors (Lipinski definition) is 3. The molecule has 1 aromatic heterocycles. The van der Waals surface area contributed by atoms with Gasteiger partial charge in [-0.15, -0.1) is 11.3 Å². The van der Waals surface area contributed by atoms with Gasteiger partial charge < -0.3 is 4.90 Å². The van der Waals surface area contributed by atoms with Crippen LogP contribution in [0.15, 0.2) is 72.8 Å². The minimum Gasteiger partial charge on any atom is -0.302 e. The molecule has 0 spiro atoms. The number of nitrogens with zero attached hydrogens (tertiary/aromatic N) is 1. The lowest BCUT2D eigenvalue weighted by Gasteiger charge is -2.23. The molecule has 1 heterocycles. The van der Waals surface area contributed by atoms with Crippen molar-refractivity contribution in [2.75, 3.05) is 4.90 Å². The van der Waals surface area contributed by atoms with E-state index in [1.54, 1.807) is 6.92 Å². The van der Waals surface area contributed by atoms with E-state index in [2.05, 4.69) is 29.2 Å². The SMILES string of the molecule is CC(=O)c1ccc(N(c2ccccc2)c2ccccc2)s1. The number of anilines is 3. The van der Waals surface area contributed by atoms with Gasteiger partial charge in [-0.1, -0.05) is 36.4 Å². The molecular weight excluding hydrogens is 278 g/mol. The summed E-state index contributed by atoms with van der Waals surface area (Å²) < 4.78 is 0. The molecule has 0 saturated heterocycles. The van der Waals surface area contributed by atoms with E-state index in [0.717, 1.165) is 21.3 Å². The molecule has 0 N–H and O–H groups in total. The largest absolute Gasteiger partial charge is 0.302 e. The Labute approximate surface area is 128 Å². The second-order valence-corrected chi connectivity index (χ2v) is 5.76. The number of Topliss-reactive ketones (excluding diaryl/α,β-unsaturated/α-hetero) is 1. The van der Waals surface area contributed by atoms with Crippen LogP contribution in [-0.4, -0.2) is 5.78 Å². The van der Waals surface area contributed by atoms with E-state index in [4.69, 9.17) is 0 Å². The van der Waals surface area contributed by atoms with Crippen molar-refractivity contribution in [3.63, 3.8) is 0 Å². The summed E-state index contributed by atoms with van der Waals surface area (Å²) in [6.07, 6.45) is 0. The molecule has 21 heavy (non-hydrogen) atoms. The van der Waals surface area contributed by atoms with Gasteiger partial charge >= 0.3 is 0 Å². The van der Waals surface area contributed by atoms with Crippen molar-refractivity contribution in [3.05, 3.63) is 77.7 Å². The first-order chi connectivity index (χ1) is 10.3. The number of carbonyl (C=O) groups is 1. The minimum atomic E-state index is 0.104. The van der Waals surface area contributed by atoms with Gasteiger partial charge in [-0.25, -0.2) is 0 Å². The Morgan fingerprint density at radius 2 is 1.33 bits per heavy atom. The van der Waals surface area contributed by atoms with Crippen LogP contribution >= 0.6 is 11.3 Å². The number of ketones is 1. The van der Waals surface area contributed by atoms with Crippen LogP contribution in [0.5, 0.6) is 0 Å². The van der Waals surface area contributed by atoms with Crippen LogP contribution in [0.4, 0.5) is 16.4 Å². The van der Waals surface area contributed by atoms with Gasteiger partial charge in [-0.2, -0.15) is 0 Å². The summed E-state index contributed by atoms with van der Waals surface area (Å²) in [7, 11) is 0. The number of carbonyl (C=O) groups excluding carboxylic acids is 1. The lowest BCUT2D eigenvalue weighted by atomic mass is 10.2. The van der Waals surface area contributed by atoms with Crippen LogP contribution in [0.1, 0.15) is 16.6 Å². The Kier molecular flexibility index (Phi) is 3.84. The van der Waals surface area contributed by atoms with Crippen molar-refractivity contribution in [1.82, 2.24) is 0 Å². The van der Waals surface area contributed by atoms with Crippen molar-refractivity contribution in [1.29, 1.82) is 0 Å². The molecule has 0 aliphatic heterocycles. The number of benzene rings is 2. The van der Waals surface area contributed by atoms with Crippen molar-refractivity contribution in [2.24, 2.45) is 0 Å². The Bertz CT molecular complexity index is 695. The van der Waals surface area contributed by atoms with E-state index in [9.17, 15) is 4.79 Å². The van der Waals surface area contributed by atoms with Crippen LogP contribution < -0.4 is 4.90 Å². The number of thiophene rings is 1. The number of para-hydroxylation sites is 2. The molecule has 0 aliphatic carbocycles. The number of rotatable bonds is 4. The summed E-state index contributed by atoms with van der Waals surface area (Å²) in [6.45, 7) is 1.60. The molecule has 2 nitrogen and oxygen atoms in total. The summed E-state index contributed by atoms with van der Waals surface area (Å²) in [5, 5.41) is 1.04. The third kappa shape index (κ3) is 2.88. The van der Waals surface area contributed by atoms with Crippen molar-refractivity contribution in [3.8, 4) is 0 Å². The molecule has 2 aromatic carbocycles. The maximum absolute atomic E-state index is 11.5. The highest BCUT2D eigenvalue weighted by atomic mass is 32.1. The van der Waals surface area contributed by atoms with Gasteiger partial charge in [0.2, 0.25) is 0 Å². The molecule has 0 bridgehead atoms. The molecule has 0 fully saturated rings. The van der Waals surface area contributed by atoms with Gasteiger partial charge in [-0.3, -0.25) is 4.79 Å². The highest BCUT2D eigenvalue weighted by Gasteiger charge is 2.15. The maximum atomic E-state index is 11.5. The highest BCUT2D eigenvalue weighted by Crippen LogP contribution is 2.38. The van der Waals surface area contributed by atoms with E-state index >= 15 is 0 Å². The summed E-state index contributed by atoms with van der Waals surface area (Å²) in [5.41, 5.74) is 2.17. The maximum Gasteiger partial charge on any atom is 0.169 e. The zero-order chi connectivity index (χ0) is 14.7. The topological polar surface area (TPSA) is 20.3 Å². The average molecular weight is 293 g/mol. The van der Waals surface area contributed by atoms with Crippen molar-refractivity contribution >= 4 is 33.5 Å². The van der Waals surface area contributed by atoms with E-state index < -0.39 is 0 Å². The Morgan fingerprint density at radius 1 is 0.810 bits per heavy atom. The Balaban J connectivity index is 2.10. The molecule has 0 saturated carbocycles. The van der Waals surface area contributed by atoms with Gasteiger partial charge in [-0.05, 0) is 43.3 Å². The molecule has 3 rings (SSSR count). The fourth-order valence-electron chi connectivity index (χ4n) is 2.19. The molecule has 0 unspecified atom stereocenters. The third-order valence-electron chi connectivity index (χ3n) is 3.19. The average Bonchev–Trinajstić information content (AvgIpc) is 3.00. The molecule has 3 aromatic rings. The van der Waals surface area contributed by atoms with E-state index in [1.165, 1.54) is 11.3 Å². The fourth-order valence-corrected chi connectivity index (χ4v) is 3.14. The van der Waals surface area contributed by atoms with Crippen LogP contribution in [-0.2, 0) is 0 Å². The quantitative estimate of drug-likeness (QED) is 0.598. The second-order valence-electron chi connectivity index (χ2n) is 4.70. The van der Waals surface area contributed by atoms with Crippen LogP contribution in [0.3, 0.4) is 0 Å². The minimum absolute atomic E-state index is 0.104. The van der Waals surface area contributed by atoms with Crippen molar-refractivity contribution < 1.29 is 4.79 Å². The zero-order valence-electron chi connectivity index (χ0n) is 11.7. The summed E-state index contributed by atoms with van der Waals surface area (Å²) in [6, 6.07) is 24.2. The van der Waals surface area contributed by atoms with E-state index in [0.29, 0.717) is 0 Å². The summed E-state index contributed by atoms with van der Waals surface area (Å²) >= 11 is 1.52. The van der Waals surface area contributed by atoms with Gasteiger partial charge in [0, 0.05) is 11.4 Å². The lowest BCUT2D eigenvalue weighted by Crippen LogP contribution is -2.07. The van der Waals surface area contributed by atoms with Crippen LogP contribution in [0.25, 0.3) is 0 Å². The number of hydrogen-bond donors (Lipinski definition) is 0. The molecule has 0 amide bonds. The zero-order valence-corrected chi connectivity index (χ0v) is 12.5. The highest BCUT2D eigenvalue weighted by molar-refractivity contribution is 7.18. The smallest absolute Gasteiger partial charge is 0.169 e. The molecule has 3 heteroatoms. The van der Waals surface area contributed by atoms with Crippen LogP contribution in [0, 0.1) is 0 Å². The van der Waals surface area contributed by atoms with Gasteiger partial charge in [0.05, 0.1) is 4.88 Å². The van der Waals surface area contributed by atoms with E-state index in [-0.39, 0.29) is 5.78 Å².